The summed E-state index contributed by atoms with van der Waals surface area (Å²) >= 11 is 0. The monoisotopic (exact) mass is 664 g/mol. The number of benzene rings is 1. The van der Waals surface area contributed by atoms with E-state index in [9.17, 15) is 31.1 Å². The molecule has 6 rings (SSSR count). The normalized spacial score (nSPS) is 20.0. The quantitative estimate of drug-likeness (QED) is 0.246. The van der Waals surface area contributed by atoms with E-state index < -0.39 is 41.5 Å². The van der Waals surface area contributed by atoms with Crippen LogP contribution in [0.25, 0.3) is 0 Å². The zero-order chi connectivity index (χ0) is 33.3. The van der Waals surface area contributed by atoms with Crippen LogP contribution in [0, 0.1) is 5.92 Å². The Bertz CT molecular complexity index is 1730. The van der Waals surface area contributed by atoms with Gasteiger partial charge in [0.15, 0.2) is 0 Å². The van der Waals surface area contributed by atoms with Crippen molar-refractivity contribution in [3.8, 4) is 5.75 Å². The molecule has 2 aliphatic heterocycles. The van der Waals surface area contributed by atoms with E-state index in [0.717, 1.165) is 22.7 Å². The molecule has 0 unspecified atom stereocenters. The van der Waals surface area contributed by atoms with Gasteiger partial charge < -0.3 is 14.4 Å². The van der Waals surface area contributed by atoms with E-state index in [4.69, 9.17) is 9.47 Å². The van der Waals surface area contributed by atoms with E-state index in [2.05, 4.69) is 20.2 Å². The van der Waals surface area contributed by atoms with Crippen LogP contribution in [0.15, 0.2) is 65.8 Å². The van der Waals surface area contributed by atoms with E-state index in [1.807, 2.05) is 0 Å². The van der Waals surface area contributed by atoms with Gasteiger partial charge in [0, 0.05) is 31.2 Å². The number of hydrogen-bond donors (Lipinski definition) is 0. The first-order valence-corrected chi connectivity index (χ1v) is 14.7. The van der Waals surface area contributed by atoms with Crippen LogP contribution in [-0.2, 0) is 37.0 Å². The number of fused-ring (bicyclic) bond motifs is 1. The van der Waals surface area contributed by atoms with E-state index >= 15 is 0 Å². The minimum Gasteiger partial charge on any atom is -0.497 e. The van der Waals surface area contributed by atoms with E-state index in [0.29, 0.717) is 30.2 Å². The molecule has 5 heterocycles. The average molecular weight is 665 g/mol. The van der Waals surface area contributed by atoms with Crippen molar-refractivity contribution >= 4 is 5.95 Å². The Morgan fingerprint density at radius 3 is 2.40 bits per heavy atom. The molecule has 4 aromatic rings. The number of aromatic nitrogens is 6. The Balaban J connectivity index is 1.17. The van der Waals surface area contributed by atoms with Gasteiger partial charge in [-0.25, -0.2) is 9.97 Å². The maximum atomic E-state index is 14.5. The van der Waals surface area contributed by atoms with Gasteiger partial charge in [-0.05, 0) is 42.7 Å². The number of rotatable bonds is 9. The molecule has 1 fully saturated rings. The molecular formula is C30H30F6N8O3. The van der Waals surface area contributed by atoms with Gasteiger partial charge in [0.05, 0.1) is 68.4 Å². The highest BCUT2D eigenvalue weighted by molar-refractivity contribution is 5.33. The topological polar surface area (TPSA) is 103 Å². The molecule has 0 N–H and O–H groups in total. The number of anilines is 1. The highest BCUT2D eigenvalue weighted by Gasteiger charge is 2.54. The lowest BCUT2D eigenvalue weighted by Crippen LogP contribution is -2.54. The Labute approximate surface area is 264 Å². The van der Waals surface area contributed by atoms with Crippen LogP contribution in [0.5, 0.6) is 5.75 Å². The lowest BCUT2D eigenvalue weighted by molar-refractivity contribution is -0.180. The van der Waals surface area contributed by atoms with Crippen molar-refractivity contribution in [2.45, 2.75) is 57.0 Å². The van der Waals surface area contributed by atoms with Gasteiger partial charge in [0.25, 0.3) is 5.56 Å². The van der Waals surface area contributed by atoms with Crippen LogP contribution in [-0.4, -0.2) is 68.2 Å². The molecule has 0 spiro atoms. The van der Waals surface area contributed by atoms with Crippen LogP contribution >= 0.6 is 0 Å². The van der Waals surface area contributed by atoms with Gasteiger partial charge in [0.1, 0.15) is 5.75 Å². The van der Waals surface area contributed by atoms with Crippen molar-refractivity contribution in [1.29, 1.82) is 0 Å². The van der Waals surface area contributed by atoms with Crippen LogP contribution < -0.4 is 20.2 Å². The molecule has 11 nitrogen and oxygen atoms in total. The van der Waals surface area contributed by atoms with E-state index in [1.165, 1.54) is 30.4 Å². The zero-order valence-corrected chi connectivity index (χ0v) is 25.0. The molecule has 0 radical (unpaired) electrons. The molecule has 17 heteroatoms. The predicted octanol–water partition coefficient (Wildman–Crippen LogP) is 3.99. The molecule has 47 heavy (non-hydrogen) atoms. The van der Waals surface area contributed by atoms with E-state index in [1.54, 1.807) is 39.9 Å². The summed E-state index contributed by atoms with van der Waals surface area (Å²) in [6.45, 7) is 0.577. The maximum absolute atomic E-state index is 14.5. The summed E-state index contributed by atoms with van der Waals surface area (Å²) in [6, 6.07) is 9.42. The van der Waals surface area contributed by atoms with Gasteiger partial charge in [0.2, 0.25) is 5.95 Å². The van der Waals surface area contributed by atoms with Crippen molar-refractivity contribution in [3.63, 3.8) is 0 Å². The highest BCUT2D eigenvalue weighted by atomic mass is 19.4. The van der Waals surface area contributed by atoms with Crippen LogP contribution in [0.3, 0.4) is 0 Å². The van der Waals surface area contributed by atoms with Crippen LogP contribution in [0.4, 0.5) is 32.3 Å². The summed E-state index contributed by atoms with van der Waals surface area (Å²) in [4.78, 5) is 23.2. The second-order valence-electron chi connectivity index (χ2n) is 11.3. The van der Waals surface area contributed by atoms with Gasteiger partial charge >= 0.3 is 12.4 Å². The number of ether oxygens (including phenoxy) is 2. The number of hydrogen-bond acceptors (Lipinski definition) is 9. The molecular weight excluding hydrogens is 634 g/mol. The van der Waals surface area contributed by atoms with Crippen molar-refractivity contribution in [2.75, 3.05) is 30.2 Å². The lowest BCUT2D eigenvalue weighted by atomic mass is 9.96. The summed E-state index contributed by atoms with van der Waals surface area (Å²) in [5.41, 5.74) is 0.438. The minimum absolute atomic E-state index is 0.105. The molecule has 3 aromatic heterocycles. The van der Waals surface area contributed by atoms with Gasteiger partial charge in [-0.2, -0.15) is 36.5 Å². The largest absolute Gasteiger partial charge is 0.497 e. The van der Waals surface area contributed by atoms with Crippen LogP contribution in [0.1, 0.15) is 28.9 Å². The van der Waals surface area contributed by atoms with Gasteiger partial charge in [-0.3, -0.25) is 14.5 Å². The Hall–Kier alpha value is -4.67. The summed E-state index contributed by atoms with van der Waals surface area (Å²) in [6.07, 6.45) is -6.36. The first-order chi connectivity index (χ1) is 22.4. The fourth-order valence-electron chi connectivity index (χ4n) is 6.07. The average Bonchev–Trinajstić information content (AvgIpc) is 3.62. The Morgan fingerprint density at radius 2 is 1.74 bits per heavy atom. The summed E-state index contributed by atoms with van der Waals surface area (Å²) in [7, 11) is 1.52. The van der Waals surface area contributed by atoms with Crippen molar-refractivity contribution in [2.24, 2.45) is 5.92 Å². The third-order valence-electron chi connectivity index (χ3n) is 8.31. The first-order valence-electron chi connectivity index (χ1n) is 14.7. The van der Waals surface area contributed by atoms with Crippen molar-refractivity contribution in [1.82, 2.24) is 29.6 Å². The summed E-state index contributed by atoms with van der Waals surface area (Å²) in [5, 5.41) is 9.98. The fourth-order valence-corrected chi connectivity index (χ4v) is 6.07. The summed E-state index contributed by atoms with van der Waals surface area (Å²) in [5.74, 6) is -1.05. The third-order valence-corrected chi connectivity index (χ3v) is 8.31. The molecule has 0 amide bonds. The van der Waals surface area contributed by atoms with E-state index in [-0.39, 0.29) is 38.5 Å². The molecule has 1 saturated heterocycles. The minimum atomic E-state index is -4.57. The van der Waals surface area contributed by atoms with Crippen LogP contribution in [0.2, 0.25) is 0 Å². The molecule has 250 valence electrons. The highest BCUT2D eigenvalue weighted by Crippen LogP contribution is 2.41. The number of halogens is 6. The fraction of sp³-hybridized carbons (Fsp3) is 0.433. The van der Waals surface area contributed by atoms with Crippen molar-refractivity contribution < 1.29 is 35.8 Å². The smallest absolute Gasteiger partial charge is 0.419 e. The molecule has 0 aliphatic carbocycles. The Kier molecular flexibility index (Phi) is 8.82. The zero-order valence-electron chi connectivity index (χ0n) is 25.0. The predicted molar refractivity (Wildman–Crippen MR) is 155 cm³/mol. The molecule has 1 aromatic carbocycles. The van der Waals surface area contributed by atoms with Gasteiger partial charge in [-0.1, -0.05) is 12.1 Å². The van der Waals surface area contributed by atoms with Crippen molar-refractivity contribution in [3.05, 3.63) is 93.9 Å². The SMILES string of the molecule is COc1ccc(C[C@@H]2C[C@H](C(F)(F)F)[C@@H](COCc3cc4n(n3)CCN(c3ncc(C(F)(F)F)cn3)C4)N2n2ncccc2=O)cc1. The molecule has 0 bridgehead atoms. The number of alkyl halides is 6. The summed E-state index contributed by atoms with van der Waals surface area (Å²) < 4.78 is 94.9. The standard InChI is InChI=1S/C30H30F6N8O3/c1-46-24-6-4-19(5-7-24)11-22-13-25(30(34,35)36)26(43(22)44-27(45)3-2-8-39-44)18-47-17-21-12-23-16-41(9-10-42(23)40-21)28-37-14-20(15-38-28)29(31,32)33/h2-8,12,14-15,22,25-26H,9-11,13,16-18H2,1H3/t22-,25+,26-/m1/s1. The number of nitrogens with zero attached hydrogens (tertiary/aromatic N) is 8. The second kappa shape index (κ2) is 12.8. The molecule has 3 atom stereocenters. The molecule has 2 aliphatic rings. The van der Waals surface area contributed by atoms with Gasteiger partial charge in [-0.15, -0.1) is 4.79 Å². The first kappa shape index (κ1) is 32.3. The lowest BCUT2D eigenvalue weighted by Gasteiger charge is -2.33. The number of methoxy groups -OCH3 is 1. The Morgan fingerprint density at radius 1 is 1.00 bits per heavy atom. The molecule has 0 saturated carbocycles. The third kappa shape index (κ3) is 7.03. The maximum Gasteiger partial charge on any atom is 0.419 e. The second-order valence-corrected chi connectivity index (χ2v) is 11.3.